The normalized spacial score (nSPS) is 17.1. The molecule has 558 valence electrons. The molecule has 19 rings (SSSR count). The Hall–Kier alpha value is -9.06. The van der Waals surface area contributed by atoms with E-state index in [-0.39, 0.29) is 57.9 Å². The molecule has 1 saturated heterocycles. The molecule has 26 heteroatoms. The molecule has 5 N–H and O–H groups in total. The van der Waals surface area contributed by atoms with Crippen molar-refractivity contribution in [2.75, 3.05) is 31.1 Å². The number of Topliss-reactive ketones (excluding diaryl/α,β-unsaturated/α-hetero) is 2. The van der Waals surface area contributed by atoms with Crippen molar-refractivity contribution < 1.29 is 49.8 Å². The first-order valence-corrected chi connectivity index (χ1v) is 38.4. The van der Waals surface area contributed by atoms with E-state index in [0.717, 1.165) is 210 Å². The summed E-state index contributed by atoms with van der Waals surface area (Å²) in [6, 6.07) is 29.5. The molecule has 6 aromatic heterocycles. The number of likely N-dealkylation sites (tertiary alicyclic amines) is 1. The van der Waals surface area contributed by atoms with Crippen LogP contribution in [-0.2, 0) is 67.7 Å². The molecule has 6 fully saturated rings. The van der Waals surface area contributed by atoms with E-state index in [0.29, 0.717) is 59.6 Å². The summed E-state index contributed by atoms with van der Waals surface area (Å²) in [4.78, 5) is 96.3. The number of H-pyrrole nitrogens is 1. The summed E-state index contributed by atoms with van der Waals surface area (Å²) < 4.78 is 8.04. The Bertz CT molecular complexity index is 4770. The number of aromatic nitrogens is 11. The first kappa shape index (κ1) is 79.0. The van der Waals surface area contributed by atoms with Gasteiger partial charge in [-0.1, -0.05) is 46.3 Å². The predicted octanol–water partition coefficient (Wildman–Crippen LogP) is 14.2. The minimum Gasteiger partial charge on any atom is -0.358 e. The van der Waals surface area contributed by atoms with Gasteiger partial charge < -0.3 is 41.6 Å². The number of imidazole rings is 3. The quantitative estimate of drug-likeness (QED) is 0.0201. The zero-order valence-corrected chi connectivity index (χ0v) is 67.4. The number of nitrogens with zero attached hydrogens (tertiary/aromatic N) is 12. The van der Waals surface area contributed by atoms with Gasteiger partial charge in [-0.3, -0.25) is 44.5 Å². The van der Waals surface area contributed by atoms with Crippen molar-refractivity contribution in [1.82, 2.24) is 69.3 Å². The topological polar surface area (TPSA) is 301 Å². The van der Waals surface area contributed by atoms with E-state index in [1.807, 2.05) is 87.6 Å². The summed E-state index contributed by atoms with van der Waals surface area (Å²) in [6.45, 7) is 11.5. The number of carbonyl (C=O) groups is 6. The number of amides is 3. The molecule has 5 saturated carbocycles. The van der Waals surface area contributed by atoms with Gasteiger partial charge in [-0.2, -0.15) is 0 Å². The molecule has 0 atom stereocenters. The van der Waals surface area contributed by atoms with Crippen LogP contribution in [0, 0.1) is 50.9 Å². The Morgan fingerprint density at radius 3 is 1.74 bits per heavy atom. The summed E-state index contributed by atoms with van der Waals surface area (Å²) >= 11 is 6.63. The number of hydrogen-bond donors (Lipinski definition) is 5. The molecule has 10 aliphatic rings. The second kappa shape index (κ2) is 35.8. The summed E-state index contributed by atoms with van der Waals surface area (Å²) in [7, 11) is 0. The number of hydrogen-bond acceptors (Lipinski definition) is 15. The number of pyridine rings is 2. The van der Waals surface area contributed by atoms with Crippen LogP contribution in [0.1, 0.15) is 215 Å². The Balaban J connectivity index is 0.000000135. The number of nitrogens with one attached hydrogen (secondary N) is 5. The van der Waals surface area contributed by atoms with Crippen LogP contribution in [0.2, 0.25) is 0 Å². The maximum atomic E-state index is 13.7. The van der Waals surface area contributed by atoms with Gasteiger partial charge in [0.2, 0.25) is 0 Å². The predicted molar refractivity (Wildman–Crippen MR) is 414 cm³/mol. The Morgan fingerprint density at radius 2 is 1.19 bits per heavy atom. The van der Waals surface area contributed by atoms with Gasteiger partial charge in [0.1, 0.15) is 56.7 Å². The smallest absolute Gasteiger partial charge is 0.259 e. The third-order valence-electron chi connectivity index (χ3n) is 20.2. The average molecular weight is 1740 g/mol. The number of carbonyl (C=O) groups excluding carboxylic acids is 6. The fourth-order valence-corrected chi connectivity index (χ4v) is 14.1. The molecule has 0 radical (unpaired) electrons. The maximum Gasteiger partial charge on any atom is 0.259 e. The maximum absolute atomic E-state index is 13.7. The molecular weight excluding hydrogens is 1650 g/mol. The molecule has 0 unspecified atom stereocenters. The van der Waals surface area contributed by atoms with Crippen molar-refractivity contribution in [3.8, 4) is 22.9 Å². The molecular formula is C81H92Br2N17O6W-. The molecule has 3 amide bonds. The van der Waals surface area contributed by atoms with Crippen LogP contribution in [0.3, 0.4) is 0 Å². The van der Waals surface area contributed by atoms with Gasteiger partial charge in [0.15, 0.2) is 23.7 Å². The molecule has 0 bridgehead atoms. The number of aromatic amines is 1. The van der Waals surface area contributed by atoms with Crippen LogP contribution in [0.4, 0.5) is 5.82 Å². The third kappa shape index (κ3) is 20.2. The van der Waals surface area contributed by atoms with E-state index < -0.39 is 0 Å². The first-order chi connectivity index (χ1) is 50.8. The average Bonchev–Trinajstić information content (AvgIpc) is 0.828. The third-order valence-corrected chi connectivity index (χ3v) is 21.2. The standard InChI is InChI=1S/C27H27N7O.C16H17N3O.C11H13BrN4.C9H8BrNO.C7H10N2.C5H6O2.C5H8O.CH3.W/c1-17-28-23(19-8-9-19)16-34(17)20-11-10-18-12-14-33(27(35)21(18)15-20)24-7-4-5-22(29-24)26-31-30-25-6-2-3-13-32(25)26;1-10-18-15(12-2-3-12)9-19(10)13-5-4-11-6-7-17-16(20)14(11)8-13;12-9-5-3-4-8(15-9)11(14)16-7-2-1-6-10(16)13;10-7-2-1-6-3-4-11-9(12)8(6)5-7;1-5-8-4-7(9-5)6-2-3-6;6-3-5(7)4-1-2-4;1-4(6)5-2-3-5;;/h4-5,7,10-11,15-16,19H,2-3,6,8-9,12-14H2,1H3;4-5,8-9,12H,2-3,6-7H2,1H3,(H,17,20);3-5,13-14H,1-2,6-7H2;1-2,5H,3-4H2,(H,11,12);4,6H,2-3H2,1H3,(H,8,9);3-4H,1-2H2;5H,2-3H2,1H3;1H3;/q;;;;;;;-1;. The molecule has 0 spiro atoms. The molecule has 3 aromatic carbocycles. The van der Waals surface area contributed by atoms with Crippen molar-refractivity contribution in [2.24, 2.45) is 11.8 Å². The van der Waals surface area contributed by atoms with Gasteiger partial charge in [-0.05, 0) is 230 Å². The largest absolute Gasteiger partial charge is 0.358 e. The van der Waals surface area contributed by atoms with Crippen LogP contribution in [0.15, 0.2) is 119 Å². The van der Waals surface area contributed by atoms with Crippen molar-refractivity contribution in [3.05, 3.63) is 206 Å². The minimum absolute atomic E-state index is 0. The summed E-state index contributed by atoms with van der Waals surface area (Å²) in [5, 5.41) is 30.4. The van der Waals surface area contributed by atoms with Crippen molar-refractivity contribution in [2.45, 2.75) is 174 Å². The van der Waals surface area contributed by atoms with Gasteiger partial charge in [0.25, 0.3) is 17.7 Å². The summed E-state index contributed by atoms with van der Waals surface area (Å²) in [5.74, 6) is 9.14. The number of halogens is 2. The number of benzene rings is 3. The van der Waals surface area contributed by atoms with E-state index in [1.54, 1.807) is 22.8 Å². The SMILES string of the molecule is CC(=O)C1CC1.Cc1nc(C2CC2)cn1-c1ccc2c(c1)C(=O)N(c1cccc(-c3nnc4n3CCCC4)n1)CC2.Cc1nc(C2CC2)cn1-c1ccc2c(c1)C(=O)NCC2.Cc1ncc(C2CC2)[nH]1.N=C1CCCCN1C(=N)c1cccc(Br)n1.O=C1NCCc2ccc(Br)cc21.O=CC(=O)C1CC1.[CH3-].[W]. The molecule has 11 heterocycles. The Labute approximate surface area is 655 Å². The van der Waals surface area contributed by atoms with Gasteiger partial charge in [-0.15, -0.1) is 10.2 Å². The molecule has 107 heavy (non-hydrogen) atoms. The number of amidine groups is 2. The van der Waals surface area contributed by atoms with Crippen LogP contribution in [-0.4, -0.2) is 132 Å². The number of aryl methyl sites for hydroxylation is 4. The first-order valence-electron chi connectivity index (χ1n) is 36.9. The number of fused-ring (bicyclic) bond motifs is 4. The second-order valence-corrected chi connectivity index (χ2v) is 30.2. The second-order valence-electron chi connectivity index (χ2n) is 28.5. The number of ketones is 2. The zero-order valence-electron chi connectivity index (χ0n) is 61.3. The van der Waals surface area contributed by atoms with Gasteiger partial charge in [0.05, 0.1) is 11.4 Å². The van der Waals surface area contributed by atoms with E-state index in [9.17, 15) is 28.8 Å². The Kier molecular flexibility index (Phi) is 26.4. The van der Waals surface area contributed by atoms with Gasteiger partial charge in [-0.25, -0.2) is 24.9 Å². The van der Waals surface area contributed by atoms with Crippen LogP contribution < -0.4 is 15.5 Å². The monoisotopic (exact) mass is 1740 g/mol. The van der Waals surface area contributed by atoms with Crippen LogP contribution >= 0.6 is 31.9 Å². The zero-order chi connectivity index (χ0) is 73.4. The van der Waals surface area contributed by atoms with Gasteiger partial charge >= 0.3 is 0 Å². The molecule has 9 aromatic rings. The molecule has 5 aliphatic heterocycles. The van der Waals surface area contributed by atoms with Gasteiger partial charge in [0, 0.05) is 153 Å². The summed E-state index contributed by atoms with van der Waals surface area (Å²) in [6.07, 6.45) is 27.1. The van der Waals surface area contributed by atoms with Crippen molar-refractivity contribution >= 4 is 84.9 Å². The van der Waals surface area contributed by atoms with Crippen LogP contribution in [0.25, 0.3) is 22.9 Å². The van der Waals surface area contributed by atoms with E-state index in [1.165, 1.54) is 49.9 Å². The number of anilines is 1. The number of aldehydes is 1. The van der Waals surface area contributed by atoms with E-state index in [2.05, 4.69) is 123 Å². The van der Waals surface area contributed by atoms with Crippen molar-refractivity contribution in [3.63, 3.8) is 0 Å². The summed E-state index contributed by atoms with van der Waals surface area (Å²) in [5.41, 5.74) is 12.7. The van der Waals surface area contributed by atoms with Crippen molar-refractivity contribution in [1.29, 1.82) is 10.8 Å². The molecule has 5 aliphatic carbocycles. The van der Waals surface area contributed by atoms with Crippen LogP contribution in [0.5, 0.6) is 0 Å². The number of piperidine rings is 1. The fraction of sp³-hybridized carbons (Fsp3) is 0.407. The molecule has 23 nitrogen and oxygen atoms in total. The number of rotatable bonds is 11. The van der Waals surface area contributed by atoms with E-state index >= 15 is 0 Å². The minimum atomic E-state index is -0.222. The fourth-order valence-electron chi connectivity index (χ4n) is 13.4. The van der Waals surface area contributed by atoms with E-state index in [4.69, 9.17) is 20.8 Å². The Morgan fingerprint density at radius 1 is 0.607 bits per heavy atom.